The molecule has 0 spiro atoms. The molecule has 5 aromatic carbocycles. The first-order chi connectivity index (χ1) is 19.3. The lowest BCUT2D eigenvalue weighted by atomic mass is 9.99. The van der Waals surface area contributed by atoms with Gasteiger partial charge in [-0.1, -0.05) is 133 Å². The van der Waals surface area contributed by atoms with Crippen LogP contribution in [0.5, 0.6) is 0 Å². The molecule has 0 radical (unpaired) electrons. The Hall–Kier alpha value is -5.35. The van der Waals surface area contributed by atoms with Gasteiger partial charge in [-0.2, -0.15) is 5.10 Å². The topological polar surface area (TPSA) is 54.4 Å². The zero-order chi connectivity index (χ0) is 26.4. The number of rotatable bonds is 6. The van der Waals surface area contributed by atoms with E-state index in [0.29, 0.717) is 11.3 Å². The average Bonchev–Trinajstić information content (AvgIpc) is 3.02. The Labute approximate surface area is 227 Å². The van der Waals surface area contributed by atoms with E-state index in [-0.39, 0.29) is 5.91 Å². The maximum absolute atomic E-state index is 13.6. The predicted octanol–water partition coefficient (Wildman–Crippen LogP) is 7.75. The molecule has 1 amide bonds. The summed E-state index contributed by atoms with van der Waals surface area (Å²) >= 11 is 0. The van der Waals surface area contributed by atoms with Crippen molar-refractivity contribution >= 4 is 22.5 Å². The smallest absolute Gasteiger partial charge is 0.267 e. The lowest BCUT2D eigenvalue weighted by Gasteiger charge is -2.11. The number of hydrazone groups is 1. The summed E-state index contributed by atoms with van der Waals surface area (Å²) in [6.45, 7) is 0. The van der Waals surface area contributed by atoms with Crippen molar-refractivity contribution in [3.63, 3.8) is 0 Å². The second-order valence-corrected chi connectivity index (χ2v) is 9.15. The minimum atomic E-state index is -0.292. The number of carbonyl (C=O) groups is 1. The number of hydrogen-bond acceptors (Lipinski definition) is 3. The third-order valence-corrected chi connectivity index (χ3v) is 6.61. The Kier molecular flexibility index (Phi) is 6.74. The molecule has 4 heteroatoms. The summed E-state index contributed by atoms with van der Waals surface area (Å²) in [5.74, 6) is -0.292. The lowest BCUT2D eigenvalue weighted by molar-refractivity contribution is 0.0956. The van der Waals surface area contributed by atoms with Crippen molar-refractivity contribution in [3.8, 4) is 22.4 Å². The second kappa shape index (κ2) is 11.0. The van der Waals surface area contributed by atoms with Crippen molar-refractivity contribution in [2.24, 2.45) is 5.10 Å². The summed E-state index contributed by atoms with van der Waals surface area (Å²) in [6, 6.07) is 47.7. The largest absolute Gasteiger partial charge is 0.272 e. The highest BCUT2D eigenvalue weighted by atomic mass is 16.2. The van der Waals surface area contributed by atoms with Crippen molar-refractivity contribution in [1.29, 1.82) is 0 Å². The Morgan fingerprint density at radius 3 is 1.79 bits per heavy atom. The molecule has 1 heterocycles. The number of fused-ring (bicyclic) bond motifs is 1. The third kappa shape index (κ3) is 5.22. The monoisotopic (exact) mass is 503 g/mol. The first kappa shape index (κ1) is 24.0. The highest BCUT2D eigenvalue weighted by Gasteiger charge is 2.15. The van der Waals surface area contributed by atoms with Crippen LogP contribution in [0.4, 0.5) is 0 Å². The quantitative estimate of drug-likeness (QED) is 0.187. The van der Waals surface area contributed by atoms with Gasteiger partial charge in [0.15, 0.2) is 0 Å². The van der Waals surface area contributed by atoms with Crippen LogP contribution in [0.25, 0.3) is 33.3 Å². The van der Waals surface area contributed by atoms with E-state index in [2.05, 4.69) is 34.8 Å². The van der Waals surface area contributed by atoms with E-state index in [1.807, 2.05) is 121 Å². The minimum absolute atomic E-state index is 0.292. The van der Waals surface area contributed by atoms with Crippen LogP contribution in [0.3, 0.4) is 0 Å². The number of amides is 1. The molecule has 6 rings (SSSR count). The fourth-order valence-corrected chi connectivity index (χ4v) is 4.63. The molecule has 186 valence electrons. The van der Waals surface area contributed by atoms with E-state index in [0.717, 1.165) is 44.4 Å². The van der Waals surface area contributed by atoms with Gasteiger partial charge in [-0.3, -0.25) is 4.79 Å². The Morgan fingerprint density at radius 1 is 0.564 bits per heavy atom. The van der Waals surface area contributed by atoms with Crippen molar-refractivity contribution in [2.75, 3.05) is 0 Å². The van der Waals surface area contributed by atoms with Gasteiger partial charge in [-0.15, -0.1) is 0 Å². The molecule has 0 aliphatic rings. The zero-order valence-corrected chi connectivity index (χ0v) is 21.2. The van der Waals surface area contributed by atoms with Gasteiger partial charge in [0.1, 0.15) is 0 Å². The van der Waals surface area contributed by atoms with Gasteiger partial charge in [0.25, 0.3) is 5.91 Å². The highest BCUT2D eigenvalue weighted by Crippen LogP contribution is 2.25. The van der Waals surface area contributed by atoms with E-state index >= 15 is 0 Å². The summed E-state index contributed by atoms with van der Waals surface area (Å²) < 4.78 is 0. The molecule has 1 aromatic heterocycles. The number of hydrogen-bond donors (Lipinski definition) is 1. The molecule has 0 bridgehead atoms. The van der Waals surface area contributed by atoms with Gasteiger partial charge >= 0.3 is 0 Å². The highest BCUT2D eigenvalue weighted by molar-refractivity contribution is 6.14. The number of aromatic nitrogens is 1. The number of nitrogens with zero attached hydrogens (tertiary/aromatic N) is 2. The van der Waals surface area contributed by atoms with Gasteiger partial charge < -0.3 is 0 Å². The molecule has 0 atom stereocenters. The van der Waals surface area contributed by atoms with Crippen molar-refractivity contribution in [3.05, 3.63) is 162 Å². The van der Waals surface area contributed by atoms with E-state index in [9.17, 15) is 4.79 Å². The Bertz CT molecular complexity index is 1760. The first-order valence-corrected chi connectivity index (χ1v) is 12.8. The molecule has 0 saturated carbocycles. The van der Waals surface area contributed by atoms with E-state index in [4.69, 9.17) is 4.98 Å². The van der Waals surface area contributed by atoms with Gasteiger partial charge in [-0.05, 0) is 23.3 Å². The molecule has 0 fully saturated rings. The standard InChI is InChI=1S/C35H25N3O/c39-35(31-24-33(27-14-6-2-7-15-27)36-32-19-11-10-18-30(31)32)38-37-34(28-16-8-3-9-17-28)29-22-20-26(21-23-29)25-12-4-1-5-13-25/h1-24H,(H,38,39). The lowest BCUT2D eigenvalue weighted by Crippen LogP contribution is -2.21. The van der Waals surface area contributed by atoms with E-state index in [1.165, 1.54) is 0 Å². The number of nitrogens with one attached hydrogen (secondary N) is 1. The van der Waals surface area contributed by atoms with E-state index < -0.39 is 0 Å². The number of pyridine rings is 1. The van der Waals surface area contributed by atoms with Crippen molar-refractivity contribution in [1.82, 2.24) is 10.4 Å². The van der Waals surface area contributed by atoms with Crippen LogP contribution >= 0.6 is 0 Å². The van der Waals surface area contributed by atoms with Crippen LogP contribution in [0, 0.1) is 0 Å². The average molecular weight is 504 g/mol. The summed E-state index contributed by atoms with van der Waals surface area (Å²) in [5, 5.41) is 5.43. The Morgan fingerprint density at radius 2 is 1.10 bits per heavy atom. The molecule has 39 heavy (non-hydrogen) atoms. The van der Waals surface area contributed by atoms with E-state index in [1.54, 1.807) is 0 Å². The minimum Gasteiger partial charge on any atom is -0.267 e. The second-order valence-electron chi connectivity index (χ2n) is 9.15. The maximum atomic E-state index is 13.6. The maximum Gasteiger partial charge on any atom is 0.272 e. The summed E-state index contributed by atoms with van der Waals surface area (Å²) in [7, 11) is 0. The number of carbonyl (C=O) groups excluding carboxylic acids is 1. The molecule has 0 aliphatic carbocycles. The Balaban J connectivity index is 1.37. The molecular weight excluding hydrogens is 478 g/mol. The van der Waals surface area contributed by atoms with Gasteiger partial charge in [0.2, 0.25) is 0 Å². The summed E-state index contributed by atoms with van der Waals surface area (Å²) in [6.07, 6.45) is 0. The van der Waals surface area contributed by atoms with Gasteiger partial charge in [-0.25, -0.2) is 10.4 Å². The van der Waals surface area contributed by atoms with Crippen LogP contribution in [-0.4, -0.2) is 16.6 Å². The number of benzene rings is 5. The molecule has 4 nitrogen and oxygen atoms in total. The van der Waals surface area contributed by atoms with Crippen molar-refractivity contribution in [2.45, 2.75) is 0 Å². The van der Waals surface area contributed by atoms with Crippen LogP contribution in [0.15, 0.2) is 151 Å². The molecular formula is C35H25N3O. The first-order valence-electron chi connectivity index (χ1n) is 12.8. The van der Waals surface area contributed by atoms with Crippen LogP contribution in [-0.2, 0) is 0 Å². The fourth-order valence-electron chi connectivity index (χ4n) is 4.63. The summed E-state index contributed by atoms with van der Waals surface area (Å²) in [4.78, 5) is 18.4. The summed E-state index contributed by atoms with van der Waals surface area (Å²) in [5.41, 5.74) is 10.6. The zero-order valence-electron chi connectivity index (χ0n) is 21.2. The molecule has 0 aliphatic heterocycles. The van der Waals surface area contributed by atoms with Gasteiger partial charge in [0.05, 0.1) is 22.5 Å². The predicted molar refractivity (Wildman–Crippen MR) is 159 cm³/mol. The number of para-hydroxylation sites is 1. The van der Waals surface area contributed by atoms with Gasteiger partial charge in [0, 0.05) is 22.1 Å². The molecule has 0 unspecified atom stereocenters. The van der Waals surface area contributed by atoms with Crippen LogP contribution < -0.4 is 5.43 Å². The third-order valence-electron chi connectivity index (χ3n) is 6.61. The normalized spacial score (nSPS) is 11.3. The van der Waals surface area contributed by atoms with Crippen molar-refractivity contribution < 1.29 is 4.79 Å². The molecule has 0 saturated heterocycles. The van der Waals surface area contributed by atoms with Crippen LogP contribution in [0.2, 0.25) is 0 Å². The fraction of sp³-hybridized carbons (Fsp3) is 0. The van der Waals surface area contributed by atoms with Crippen LogP contribution in [0.1, 0.15) is 21.5 Å². The SMILES string of the molecule is O=C(NN=C(c1ccccc1)c1ccc(-c2ccccc2)cc1)c1cc(-c2ccccc2)nc2ccccc12. The molecule has 6 aromatic rings. The molecule has 1 N–H and O–H groups in total.